The van der Waals surface area contributed by atoms with E-state index in [1.165, 1.54) is 12.1 Å². The lowest BCUT2D eigenvalue weighted by molar-refractivity contribution is 0.0735. The molecule has 0 saturated carbocycles. The fourth-order valence-electron chi connectivity index (χ4n) is 3.09. The van der Waals surface area contributed by atoms with Gasteiger partial charge in [-0.15, -0.1) is 0 Å². The minimum atomic E-state index is -3.28. The number of halogens is 2. The lowest BCUT2D eigenvalue weighted by atomic mass is 10.0. The minimum Gasteiger partial charge on any atom is -0.332 e. The Bertz CT molecular complexity index is 910. The van der Waals surface area contributed by atoms with Gasteiger partial charge in [0.25, 0.3) is 5.91 Å². The summed E-state index contributed by atoms with van der Waals surface area (Å²) in [6.45, 7) is 0.650. The monoisotopic (exact) mass is 397 g/mol. The molecule has 1 saturated heterocycles. The molecule has 7 heteroatoms. The summed E-state index contributed by atoms with van der Waals surface area (Å²) in [7, 11) is -3.28. The van der Waals surface area contributed by atoms with Crippen LogP contribution in [-0.2, 0) is 9.84 Å². The van der Waals surface area contributed by atoms with Crippen LogP contribution in [-0.4, -0.2) is 32.0 Å². The number of benzene rings is 2. The maximum Gasteiger partial charge on any atom is 0.254 e. The van der Waals surface area contributed by atoms with Crippen molar-refractivity contribution < 1.29 is 13.2 Å². The molecule has 0 bridgehead atoms. The Hall–Kier alpha value is -1.56. The van der Waals surface area contributed by atoms with E-state index >= 15 is 0 Å². The van der Waals surface area contributed by atoms with Gasteiger partial charge in [0.05, 0.1) is 21.0 Å². The average Bonchev–Trinajstić information content (AvgIpc) is 3.05. The summed E-state index contributed by atoms with van der Waals surface area (Å²) in [4.78, 5) is 14.9. The van der Waals surface area contributed by atoms with Crippen molar-refractivity contribution in [3.05, 3.63) is 63.6 Å². The third-order valence-electron chi connectivity index (χ3n) is 4.37. The summed E-state index contributed by atoms with van der Waals surface area (Å²) < 4.78 is 23.1. The van der Waals surface area contributed by atoms with Crippen LogP contribution in [0, 0.1) is 0 Å². The van der Waals surface area contributed by atoms with Crippen LogP contribution in [0.1, 0.15) is 34.8 Å². The molecule has 2 aromatic rings. The molecule has 0 radical (unpaired) electrons. The van der Waals surface area contributed by atoms with Gasteiger partial charge in [-0.1, -0.05) is 29.3 Å². The highest BCUT2D eigenvalue weighted by Crippen LogP contribution is 2.35. The Kier molecular flexibility index (Phi) is 5.09. The van der Waals surface area contributed by atoms with E-state index in [1.54, 1.807) is 29.2 Å². The quantitative estimate of drug-likeness (QED) is 0.772. The van der Waals surface area contributed by atoms with Crippen molar-refractivity contribution in [3.63, 3.8) is 0 Å². The molecule has 1 atom stereocenters. The van der Waals surface area contributed by atoms with E-state index in [0.29, 0.717) is 22.2 Å². The lowest BCUT2D eigenvalue weighted by Crippen LogP contribution is -2.30. The SMILES string of the molecule is CS(=O)(=O)c1ccc(C(=O)N2CCCC2c2ccc(Cl)c(Cl)c2)cc1. The van der Waals surface area contributed by atoms with Crippen LogP contribution in [0.25, 0.3) is 0 Å². The van der Waals surface area contributed by atoms with E-state index in [4.69, 9.17) is 23.2 Å². The van der Waals surface area contributed by atoms with Gasteiger partial charge in [-0.2, -0.15) is 0 Å². The van der Waals surface area contributed by atoms with E-state index in [-0.39, 0.29) is 16.8 Å². The van der Waals surface area contributed by atoms with Gasteiger partial charge in [0.1, 0.15) is 0 Å². The van der Waals surface area contributed by atoms with Gasteiger partial charge in [0, 0.05) is 18.4 Å². The van der Waals surface area contributed by atoms with Gasteiger partial charge in [-0.05, 0) is 54.8 Å². The first-order valence-electron chi connectivity index (χ1n) is 7.83. The molecule has 0 spiro atoms. The normalized spacial score (nSPS) is 17.7. The first-order chi connectivity index (χ1) is 11.8. The summed E-state index contributed by atoms with van der Waals surface area (Å²) in [5, 5.41) is 0.952. The van der Waals surface area contributed by atoms with Crippen molar-refractivity contribution in [1.82, 2.24) is 4.90 Å². The van der Waals surface area contributed by atoms with Gasteiger partial charge in [-0.25, -0.2) is 8.42 Å². The Labute approximate surface area is 157 Å². The summed E-state index contributed by atoms with van der Waals surface area (Å²) in [5.74, 6) is -0.117. The fourth-order valence-corrected chi connectivity index (χ4v) is 4.02. The fraction of sp³-hybridized carbons (Fsp3) is 0.278. The van der Waals surface area contributed by atoms with Gasteiger partial charge in [0.15, 0.2) is 9.84 Å². The minimum absolute atomic E-state index is 0.0585. The first kappa shape index (κ1) is 18.2. The van der Waals surface area contributed by atoms with Crippen LogP contribution in [0.3, 0.4) is 0 Å². The molecule has 0 aromatic heterocycles. The Morgan fingerprint density at radius 1 is 1.08 bits per heavy atom. The molecule has 4 nitrogen and oxygen atoms in total. The van der Waals surface area contributed by atoms with E-state index < -0.39 is 9.84 Å². The number of likely N-dealkylation sites (tertiary alicyclic amines) is 1. The molecule has 3 rings (SSSR count). The molecule has 1 aliphatic rings. The molecule has 0 aliphatic carbocycles. The number of rotatable bonds is 3. The van der Waals surface area contributed by atoms with Gasteiger partial charge in [-0.3, -0.25) is 4.79 Å². The molecular formula is C18H17Cl2NO3S. The van der Waals surface area contributed by atoms with E-state index in [0.717, 1.165) is 24.7 Å². The molecule has 1 amide bonds. The lowest BCUT2D eigenvalue weighted by Gasteiger charge is -2.25. The highest BCUT2D eigenvalue weighted by Gasteiger charge is 2.31. The molecule has 1 fully saturated rings. The predicted octanol–water partition coefficient (Wildman–Crippen LogP) is 4.37. The molecule has 132 valence electrons. The summed E-state index contributed by atoms with van der Waals surface area (Å²) in [5.41, 5.74) is 1.42. The number of amides is 1. The van der Waals surface area contributed by atoms with Crippen LogP contribution in [0.2, 0.25) is 10.0 Å². The topological polar surface area (TPSA) is 54.5 Å². The summed E-state index contributed by atoms with van der Waals surface area (Å²) in [6.07, 6.45) is 2.90. The summed E-state index contributed by atoms with van der Waals surface area (Å²) >= 11 is 12.1. The number of hydrogen-bond acceptors (Lipinski definition) is 3. The molecule has 1 aliphatic heterocycles. The van der Waals surface area contributed by atoms with E-state index in [1.807, 2.05) is 6.07 Å². The predicted molar refractivity (Wildman–Crippen MR) is 99.0 cm³/mol. The van der Waals surface area contributed by atoms with Crippen molar-refractivity contribution in [3.8, 4) is 0 Å². The van der Waals surface area contributed by atoms with Gasteiger partial charge in [0.2, 0.25) is 0 Å². The van der Waals surface area contributed by atoms with Gasteiger partial charge >= 0.3 is 0 Å². The number of hydrogen-bond donors (Lipinski definition) is 0. The number of nitrogens with zero attached hydrogens (tertiary/aromatic N) is 1. The second-order valence-corrected chi connectivity index (χ2v) is 8.96. The molecular weight excluding hydrogens is 381 g/mol. The van der Waals surface area contributed by atoms with E-state index in [2.05, 4.69) is 0 Å². The standard InChI is InChI=1S/C18H17Cl2NO3S/c1-25(23,24)14-7-4-12(5-8-14)18(22)21-10-2-3-17(21)13-6-9-15(19)16(20)11-13/h4-9,11,17H,2-3,10H2,1H3. The van der Waals surface area contributed by atoms with Crippen LogP contribution < -0.4 is 0 Å². The number of sulfone groups is 1. The average molecular weight is 398 g/mol. The van der Waals surface area contributed by atoms with Crippen molar-refractivity contribution in [2.24, 2.45) is 0 Å². The van der Waals surface area contributed by atoms with Gasteiger partial charge < -0.3 is 4.90 Å². The maximum atomic E-state index is 12.9. The van der Waals surface area contributed by atoms with Crippen molar-refractivity contribution in [2.75, 3.05) is 12.8 Å². The molecule has 1 heterocycles. The summed E-state index contributed by atoms with van der Waals surface area (Å²) in [6, 6.07) is 11.4. The third kappa shape index (κ3) is 3.84. The largest absolute Gasteiger partial charge is 0.332 e. The van der Waals surface area contributed by atoms with Crippen LogP contribution >= 0.6 is 23.2 Å². The second kappa shape index (κ2) is 6.98. The zero-order valence-corrected chi connectivity index (χ0v) is 15.9. The highest BCUT2D eigenvalue weighted by atomic mass is 35.5. The smallest absolute Gasteiger partial charge is 0.254 e. The Morgan fingerprint density at radius 3 is 2.36 bits per heavy atom. The van der Waals surface area contributed by atoms with Crippen molar-refractivity contribution >= 4 is 38.9 Å². The van der Waals surface area contributed by atoms with Crippen LogP contribution in [0.4, 0.5) is 0 Å². The number of carbonyl (C=O) groups excluding carboxylic acids is 1. The zero-order chi connectivity index (χ0) is 18.2. The Morgan fingerprint density at radius 2 is 1.76 bits per heavy atom. The highest BCUT2D eigenvalue weighted by molar-refractivity contribution is 7.90. The van der Waals surface area contributed by atoms with Crippen molar-refractivity contribution in [2.45, 2.75) is 23.8 Å². The number of carbonyl (C=O) groups is 1. The van der Waals surface area contributed by atoms with Crippen molar-refractivity contribution in [1.29, 1.82) is 0 Å². The molecule has 0 N–H and O–H groups in total. The first-order valence-corrected chi connectivity index (χ1v) is 10.5. The molecule has 1 unspecified atom stereocenters. The second-order valence-electron chi connectivity index (χ2n) is 6.13. The Balaban J connectivity index is 1.86. The maximum absolute atomic E-state index is 12.9. The molecule has 25 heavy (non-hydrogen) atoms. The third-order valence-corrected chi connectivity index (χ3v) is 6.24. The van der Waals surface area contributed by atoms with Crippen LogP contribution in [0.15, 0.2) is 47.4 Å². The van der Waals surface area contributed by atoms with Crippen LogP contribution in [0.5, 0.6) is 0 Å². The zero-order valence-electron chi connectivity index (χ0n) is 13.6. The molecule has 2 aromatic carbocycles. The van der Waals surface area contributed by atoms with E-state index in [9.17, 15) is 13.2 Å².